The fourth-order valence-electron chi connectivity index (χ4n) is 1.78. The van der Waals surface area contributed by atoms with Gasteiger partial charge in [-0.1, -0.05) is 46.9 Å². The molecule has 0 aliphatic rings. The molecule has 1 nitrogen and oxygen atoms in total. The van der Waals surface area contributed by atoms with E-state index in [1.54, 1.807) is 18.2 Å². The van der Waals surface area contributed by atoms with Crippen molar-refractivity contribution in [3.63, 3.8) is 0 Å². The highest BCUT2D eigenvalue weighted by Crippen LogP contribution is 2.26. The van der Waals surface area contributed by atoms with Gasteiger partial charge in [0.15, 0.2) is 0 Å². The second-order valence-corrected chi connectivity index (χ2v) is 5.45. The lowest BCUT2D eigenvalue weighted by Crippen LogP contribution is -2.13. The lowest BCUT2D eigenvalue weighted by molar-refractivity contribution is 0.622. The van der Waals surface area contributed by atoms with Crippen molar-refractivity contribution in [2.75, 3.05) is 0 Å². The Labute approximate surface area is 126 Å². The van der Waals surface area contributed by atoms with Crippen LogP contribution >= 0.6 is 34.8 Å². The summed E-state index contributed by atoms with van der Waals surface area (Å²) >= 11 is 17.4. The Morgan fingerprint density at radius 2 is 1.63 bits per heavy atom. The monoisotopic (exact) mass is 317 g/mol. The average Bonchev–Trinajstić information content (AvgIpc) is 2.37. The van der Waals surface area contributed by atoms with E-state index in [1.807, 2.05) is 6.07 Å². The Hall–Kier alpha value is -0.800. The standard InChI is InChI=1S/C14H11Cl3FN/c15-10-4-2-9(7-12(10)17)14(19)6-8-1-3-11(16)13(18)5-8/h1-5,7,14H,6,19H2. The average molecular weight is 319 g/mol. The number of benzene rings is 2. The third-order valence-corrected chi connectivity index (χ3v) is 3.86. The van der Waals surface area contributed by atoms with Gasteiger partial charge in [0.25, 0.3) is 0 Å². The van der Waals surface area contributed by atoms with Gasteiger partial charge in [-0.05, 0) is 41.8 Å². The molecule has 0 heterocycles. The van der Waals surface area contributed by atoms with E-state index in [4.69, 9.17) is 40.5 Å². The molecule has 0 aromatic heterocycles. The first-order valence-corrected chi connectivity index (χ1v) is 6.75. The Balaban J connectivity index is 2.17. The molecule has 0 aliphatic heterocycles. The van der Waals surface area contributed by atoms with Crippen LogP contribution in [0.1, 0.15) is 17.2 Å². The molecule has 100 valence electrons. The molecule has 2 N–H and O–H groups in total. The molecule has 1 unspecified atom stereocenters. The number of hydrogen-bond donors (Lipinski definition) is 1. The van der Waals surface area contributed by atoms with Crippen LogP contribution in [0.25, 0.3) is 0 Å². The highest BCUT2D eigenvalue weighted by Gasteiger charge is 2.10. The smallest absolute Gasteiger partial charge is 0.142 e. The zero-order valence-corrected chi connectivity index (χ0v) is 12.1. The van der Waals surface area contributed by atoms with Gasteiger partial charge in [0.05, 0.1) is 15.1 Å². The fraction of sp³-hybridized carbons (Fsp3) is 0.143. The van der Waals surface area contributed by atoms with Gasteiger partial charge < -0.3 is 5.73 Å². The maximum absolute atomic E-state index is 13.3. The minimum absolute atomic E-state index is 0.104. The van der Waals surface area contributed by atoms with Gasteiger partial charge in [0.2, 0.25) is 0 Å². The molecule has 19 heavy (non-hydrogen) atoms. The molecule has 0 aliphatic carbocycles. The van der Waals surface area contributed by atoms with Crippen LogP contribution in [0.3, 0.4) is 0 Å². The third kappa shape index (κ3) is 3.61. The summed E-state index contributed by atoms with van der Waals surface area (Å²) < 4.78 is 13.3. The van der Waals surface area contributed by atoms with Crippen LogP contribution in [0.2, 0.25) is 15.1 Å². The van der Waals surface area contributed by atoms with E-state index in [9.17, 15) is 4.39 Å². The fourth-order valence-corrected chi connectivity index (χ4v) is 2.21. The Kier molecular flexibility index (Phi) is 4.69. The quantitative estimate of drug-likeness (QED) is 0.844. The summed E-state index contributed by atoms with van der Waals surface area (Å²) in [6.45, 7) is 0. The van der Waals surface area contributed by atoms with Gasteiger partial charge in [-0.3, -0.25) is 0 Å². The van der Waals surface area contributed by atoms with Gasteiger partial charge in [-0.25, -0.2) is 4.39 Å². The summed E-state index contributed by atoms with van der Waals surface area (Å²) in [5, 5.41) is 1.04. The summed E-state index contributed by atoms with van der Waals surface area (Å²) in [4.78, 5) is 0. The van der Waals surface area contributed by atoms with Crippen molar-refractivity contribution in [3.8, 4) is 0 Å². The normalized spacial score (nSPS) is 12.5. The van der Waals surface area contributed by atoms with E-state index in [0.29, 0.717) is 16.5 Å². The van der Waals surface area contributed by atoms with Crippen LogP contribution in [0.15, 0.2) is 36.4 Å². The van der Waals surface area contributed by atoms with Crippen LogP contribution in [-0.4, -0.2) is 0 Å². The summed E-state index contributed by atoms with van der Waals surface area (Å²) in [6, 6.07) is 9.61. The molecular formula is C14H11Cl3FN. The molecule has 2 aromatic carbocycles. The molecule has 0 saturated carbocycles. The van der Waals surface area contributed by atoms with Crippen molar-refractivity contribution in [2.45, 2.75) is 12.5 Å². The Bertz CT molecular complexity index is 601. The zero-order valence-electron chi connectivity index (χ0n) is 9.84. The number of hydrogen-bond acceptors (Lipinski definition) is 1. The highest BCUT2D eigenvalue weighted by molar-refractivity contribution is 6.42. The largest absolute Gasteiger partial charge is 0.324 e. The van der Waals surface area contributed by atoms with E-state index in [1.165, 1.54) is 12.1 Å². The SMILES string of the molecule is NC(Cc1ccc(Cl)c(F)c1)c1ccc(Cl)c(Cl)c1. The lowest BCUT2D eigenvalue weighted by atomic mass is 10.00. The predicted octanol–water partition coefficient (Wildman–Crippen LogP) is 5.03. The van der Waals surface area contributed by atoms with Gasteiger partial charge in [-0.15, -0.1) is 0 Å². The summed E-state index contributed by atoms with van der Waals surface area (Å²) in [6.07, 6.45) is 0.492. The molecule has 2 rings (SSSR count). The maximum atomic E-state index is 13.3. The van der Waals surface area contributed by atoms with Crippen molar-refractivity contribution < 1.29 is 4.39 Å². The summed E-state index contributed by atoms with van der Waals surface area (Å²) in [5.74, 6) is -0.444. The van der Waals surface area contributed by atoms with Crippen LogP contribution in [0, 0.1) is 5.82 Å². The van der Waals surface area contributed by atoms with Crippen molar-refractivity contribution in [2.24, 2.45) is 5.73 Å². The van der Waals surface area contributed by atoms with Crippen LogP contribution in [0.5, 0.6) is 0 Å². The molecular weight excluding hydrogens is 308 g/mol. The topological polar surface area (TPSA) is 26.0 Å². The van der Waals surface area contributed by atoms with Crippen molar-refractivity contribution in [1.29, 1.82) is 0 Å². The first-order valence-electron chi connectivity index (χ1n) is 5.62. The molecule has 0 saturated heterocycles. The minimum atomic E-state index is -0.444. The molecule has 1 atom stereocenters. The second kappa shape index (κ2) is 6.10. The Morgan fingerprint density at radius 1 is 0.947 bits per heavy atom. The number of nitrogens with two attached hydrogens (primary N) is 1. The minimum Gasteiger partial charge on any atom is -0.324 e. The van der Waals surface area contributed by atoms with E-state index in [-0.39, 0.29) is 11.1 Å². The molecule has 0 bridgehead atoms. The van der Waals surface area contributed by atoms with E-state index < -0.39 is 5.82 Å². The van der Waals surface area contributed by atoms with Crippen LogP contribution < -0.4 is 5.73 Å². The first kappa shape index (κ1) is 14.6. The van der Waals surface area contributed by atoms with Crippen LogP contribution in [0.4, 0.5) is 4.39 Å². The third-order valence-electron chi connectivity index (χ3n) is 2.81. The van der Waals surface area contributed by atoms with E-state index >= 15 is 0 Å². The Morgan fingerprint density at radius 3 is 2.26 bits per heavy atom. The van der Waals surface area contributed by atoms with E-state index in [0.717, 1.165) is 11.1 Å². The summed E-state index contributed by atoms with van der Waals surface area (Å²) in [5.41, 5.74) is 7.71. The van der Waals surface area contributed by atoms with Crippen LogP contribution in [-0.2, 0) is 6.42 Å². The van der Waals surface area contributed by atoms with Gasteiger partial charge in [-0.2, -0.15) is 0 Å². The maximum Gasteiger partial charge on any atom is 0.142 e. The van der Waals surface area contributed by atoms with Crippen molar-refractivity contribution in [1.82, 2.24) is 0 Å². The van der Waals surface area contributed by atoms with Crippen molar-refractivity contribution >= 4 is 34.8 Å². The molecule has 0 amide bonds. The second-order valence-electron chi connectivity index (χ2n) is 4.23. The summed E-state index contributed by atoms with van der Waals surface area (Å²) in [7, 11) is 0. The first-order chi connectivity index (χ1) is 8.97. The molecule has 0 fully saturated rings. The number of halogens is 4. The molecule has 0 spiro atoms. The lowest BCUT2D eigenvalue weighted by Gasteiger charge is -2.13. The van der Waals surface area contributed by atoms with Gasteiger partial charge in [0, 0.05) is 6.04 Å². The predicted molar refractivity (Wildman–Crippen MR) is 78.5 cm³/mol. The van der Waals surface area contributed by atoms with Gasteiger partial charge >= 0.3 is 0 Å². The van der Waals surface area contributed by atoms with E-state index in [2.05, 4.69) is 0 Å². The molecule has 5 heteroatoms. The molecule has 2 aromatic rings. The van der Waals surface area contributed by atoms with Crippen molar-refractivity contribution in [3.05, 3.63) is 68.4 Å². The highest BCUT2D eigenvalue weighted by atomic mass is 35.5. The molecule has 0 radical (unpaired) electrons. The zero-order chi connectivity index (χ0) is 14.0. The number of rotatable bonds is 3. The van der Waals surface area contributed by atoms with Gasteiger partial charge in [0.1, 0.15) is 5.82 Å².